The molecule has 0 aliphatic carbocycles. The van der Waals surface area contributed by atoms with Crippen LogP contribution in [0.25, 0.3) is 16.5 Å². The Hall–Kier alpha value is -2.59. The van der Waals surface area contributed by atoms with Crippen molar-refractivity contribution < 1.29 is 4.79 Å². The van der Waals surface area contributed by atoms with Crippen LogP contribution in [-0.2, 0) is 0 Å². The summed E-state index contributed by atoms with van der Waals surface area (Å²) in [4.78, 5) is 11.8. The predicted octanol–water partition coefficient (Wildman–Crippen LogP) is 2.85. The third-order valence-corrected chi connectivity index (χ3v) is 3.80. The van der Waals surface area contributed by atoms with Crippen LogP contribution in [0, 0.1) is 13.8 Å². The van der Waals surface area contributed by atoms with Crippen LogP contribution in [-0.4, -0.2) is 10.5 Å². The number of nitrogens with one attached hydrogen (secondary N) is 1. The molecule has 1 amide bonds. The standard InChI is InChI=1S/C17H17N3O/c1-11-9-16(17(21)19-18)12(2)20(11)15-8-7-13-5-3-4-6-14(13)10-15/h3-10H,18H2,1-2H3,(H,19,21). The normalized spacial score (nSPS) is 10.8. The summed E-state index contributed by atoms with van der Waals surface area (Å²) < 4.78 is 2.07. The maximum atomic E-state index is 11.8. The largest absolute Gasteiger partial charge is 0.318 e. The van der Waals surface area contributed by atoms with Crippen molar-refractivity contribution in [2.75, 3.05) is 0 Å². The van der Waals surface area contributed by atoms with Crippen molar-refractivity contribution in [3.05, 3.63) is 65.5 Å². The Morgan fingerprint density at radius 3 is 2.48 bits per heavy atom. The number of nitrogen functional groups attached to an aromatic ring is 1. The molecule has 2 aromatic carbocycles. The number of rotatable bonds is 2. The summed E-state index contributed by atoms with van der Waals surface area (Å²) in [5, 5.41) is 2.37. The molecule has 0 aliphatic heterocycles. The van der Waals surface area contributed by atoms with Gasteiger partial charge in [-0.05, 0) is 42.8 Å². The third-order valence-electron chi connectivity index (χ3n) is 3.80. The molecule has 0 spiro atoms. The van der Waals surface area contributed by atoms with Crippen LogP contribution in [0.3, 0.4) is 0 Å². The van der Waals surface area contributed by atoms with Crippen LogP contribution in [0.2, 0.25) is 0 Å². The van der Waals surface area contributed by atoms with Crippen LogP contribution >= 0.6 is 0 Å². The summed E-state index contributed by atoms with van der Waals surface area (Å²) in [5.41, 5.74) is 5.71. The van der Waals surface area contributed by atoms with Crippen molar-refractivity contribution in [2.24, 2.45) is 5.84 Å². The first-order valence-corrected chi connectivity index (χ1v) is 6.81. The predicted molar refractivity (Wildman–Crippen MR) is 84.4 cm³/mol. The van der Waals surface area contributed by atoms with E-state index >= 15 is 0 Å². The van der Waals surface area contributed by atoms with Crippen molar-refractivity contribution in [3.8, 4) is 5.69 Å². The highest BCUT2D eigenvalue weighted by Crippen LogP contribution is 2.24. The van der Waals surface area contributed by atoms with Gasteiger partial charge in [-0.1, -0.05) is 30.3 Å². The third kappa shape index (κ3) is 2.19. The van der Waals surface area contributed by atoms with Gasteiger partial charge in [0.2, 0.25) is 0 Å². The SMILES string of the molecule is Cc1cc(C(=O)NN)c(C)n1-c1ccc2ccccc2c1. The molecular formula is C17H17N3O. The zero-order valence-corrected chi connectivity index (χ0v) is 12.1. The fourth-order valence-electron chi connectivity index (χ4n) is 2.78. The lowest BCUT2D eigenvalue weighted by atomic mass is 10.1. The lowest BCUT2D eigenvalue weighted by Crippen LogP contribution is -2.30. The van der Waals surface area contributed by atoms with Crippen molar-refractivity contribution in [1.82, 2.24) is 9.99 Å². The van der Waals surface area contributed by atoms with Gasteiger partial charge in [0.05, 0.1) is 5.56 Å². The van der Waals surface area contributed by atoms with Crippen molar-refractivity contribution in [1.29, 1.82) is 0 Å². The second kappa shape index (κ2) is 5.07. The Bertz CT molecular complexity index is 833. The number of aromatic nitrogens is 1. The topological polar surface area (TPSA) is 60.1 Å². The van der Waals surface area contributed by atoms with Gasteiger partial charge in [-0.3, -0.25) is 10.2 Å². The van der Waals surface area contributed by atoms with Gasteiger partial charge in [-0.15, -0.1) is 0 Å². The molecular weight excluding hydrogens is 262 g/mol. The minimum absolute atomic E-state index is 0.268. The molecule has 0 radical (unpaired) electrons. The first-order valence-electron chi connectivity index (χ1n) is 6.81. The lowest BCUT2D eigenvalue weighted by Gasteiger charge is -2.11. The Labute approximate surface area is 123 Å². The van der Waals surface area contributed by atoms with Gasteiger partial charge in [-0.2, -0.15) is 0 Å². The summed E-state index contributed by atoms with van der Waals surface area (Å²) >= 11 is 0. The highest BCUT2D eigenvalue weighted by atomic mass is 16.2. The molecule has 0 bridgehead atoms. The summed E-state index contributed by atoms with van der Waals surface area (Å²) in [5.74, 6) is 4.97. The van der Waals surface area contributed by atoms with E-state index in [1.54, 1.807) is 0 Å². The lowest BCUT2D eigenvalue weighted by molar-refractivity contribution is 0.0953. The molecule has 0 fully saturated rings. The number of hydrazine groups is 1. The van der Waals surface area contributed by atoms with E-state index in [1.807, 2.05) is 32.0 Å². The van der Waals surface area contributed by atoms with Gasteiger partial charge in [0.1, 0.15) is 0 Å². The van der Waals surface area contributed by atoms with Crippen LogP contribution in [0.1, 0.15) is 21.7 Å². The molecule has 0 saturated carbocycles. The van der Waals surface area contributed by atoms with E-state index in [9.17, 15) is 4.79 Å². The summed E-state index contributed by atoms with van der Waals surface area (Å²) in [7, 11) is 0. The second-order valence-corrected chi connectivity index (χ2v) is 5.13. The van der Waals surface area contributed by atoms with Crippen molar-refractivity contribution >= 4 is 16.7 Å². The van der Waals surface area contributed by atoms with Gasteiger partial charge in [0.25, 0.3) is 5.91 Å². The van der Waals surface area contributed by atoms with Crippen molar-refractivity contribution in [3.63, 3.8) is 0 Å². The van der Waals surface area contributed by atoms with Gasteiger partial charge in [0, 0.05) is 17.1 Å². The number of amides is 1. The number of fused-ring (bicyclic) bond motifs is 1. The molecule has 0 unspecified atom stereocenters. The van der Waals surface area contributed by atoms with Crippen LogP contribution in [0.5, 0.6) is 0 Å². The molecule has 4 nitrogen and oxygen atoms in total. The number of carbonyl (C=O) groups is 1. The summed E-state index contributed by atoms with van der Waals surface area (Å²) in [6.07, 6.45) is 0. The number of aryl methyl sites for hydroxylation is 1. The number of benzene rings is 2. The molecule has 0 aliphatic rings. The number of nitrogens with zero attached hydrogens (tertiary/aromatic N) is 1. The zero-order chi connectivity index (χ0) is 15.0. The molecule has 21 heavy (non-hydrogen) atoms. The Morgan fingerprint density at radius 1 is 1.05 bits per heavy atom. The average molecular weight is 279 g/mol. The quantitative estimate of drug-likeness (QED) is 0.430. The monoisotopic (exact) mass is 279 g/mol. The summed E-state index contributed by atoms with van der Waals surface area (Å²) in [6, 6.07) is 16.3. The van der Waals surface area contributed by atoms with Crippen LogP contribution < -0.4 is 11.3 Å². The maximum absolute atomic E-state index is 11.8. The molecule has 3 aromatic rings. The number of hydrogen-bond acceptors (Lipinski definition) is 2. The molecule has 4 heteroatoms. The Balaban J connectivity index is 2.18. The highest BCUT2D eigenvalue weighted by molar-refractivity contribution is 5.95. The van der Waals surface area contributed by atoms with Crippen LogP contribution in [0.4, 0.5) is 0 Å². The van der Waals surface area contributed by atoms with E-state index < -0.39 is 0 Å². The van der Waals surface area contributed by atoms with E-state index in [1.165, 1.54) is 10.8 Å². The first-order chi connectivity index (χ1) is 10.1. The molecule has 0 saturated heterocycles. The molecule has 1 heterocycles. The molecule has 1 aromatic heterocycles. The zero-order valence-electron chi connectivity index (χ0n) is 12.1. The van der Waals surface area contributed by atoms with Gasteiger partial charge >= 0.3 is 0 Å². The first kappa shape index (κ1) is 13.4. The van der Waals surface area contributed by atoms with E-state index in [-0.39, 0.29) is 5.91 Å². The Morgan fingerprint density at radius 2 is 1.76 bits per heavy atom. The second-order valence-electron chi connectivity index (χ2n) is 5.13. The van der Waals surface area contributed by atoms with Gasteiger partial charge in [0.15, 0.2) is 0 Å². The number of hydrogen-bond donors (Lipinski definition) is 2. The number of carbonyl (C=O) groups excluding carboxylic acids is 1. The summed E-state index contributed by atoms with van der Waals surface area (Å²) in [6.45, 7) is 3.91. The fraction of sp³-hybridized carbons (Fsp3) is 0.118. The molecule has 0 atom stereocenters. The average Bonchev–Trinajstić information content (AvgIpc) is 2.81. The van der Waals surface area contributed by atoms with E-state index in [0.29, 0.717) is 5.56 Å². The molecule has 3 N–H and O–H groups in total. The molecule has 106 valence electrons. The molecule has 3 rings (SSSR count). The number of nitrogens with two attached hydrogens (primary N) is 1. The minimum atomic E-state index is -0.268. The van der Waals surface area contributed by atoms with E-state index in [4.69, 9.17) is 5.84 Å². The Kier molecular flexibility index (Phi) is 3.23. The fourth-order valence-corrected chi connectivity index (χ4v) is 2.78. The van der Waals surface area contributed by atoms with Gasteiger partial charge in [-0.25, -0.2) is 5.84 Å². The van der Waals surface area contributed by atoms with E-state index in [0.717, 1.165) is 17.1 Å². The maximum Gasteiger partial charge on any atom is 0.267 e. The minimum Gasteiger partial charge on any atom is -0.318 e. The smallest absolute Gasteiger partial charge is 0.267 e. The van der Waals surface area contributed by atoms with E-state index in [2.05, 4.69) is 40.3 Å². The van der Waals surface area contributed by atoms with Crippen LogP contribution in [0.15, 0.2) is 48.5 Å². The van der Waals surface area contributed by atoms with Gasteiger partial charge < -0.3 is 4.57 Å². The highest BCUT2D eigenvalue weighted by Gasteiger charge is 2.15. The van der Waals surface area contributed by atoms with Crippen molar-refractivity contribution in [2.45, 2.75) is 13.8 Å².